The molecule has 0 aliphatic carbocycles. The molecule has 0 saturated carbocycles. The number of methoxy groups -OCH3 is 1. The predicted molar refractivity (Wildman–Crippen MR) is 90.9 cm³/mol. The number of esters is 1. The Labute approximate surface area is 139 Å². The monoisotopic (exact) mass is 368 g/mol. The van der Waals surface area contributed by atoms with Crippen LogP contribution >= 0.6 is 15.9 Å². The summed E-state index contributed by atoms with van der Waals surface area (Å²) in [5, 5.41) is 0. The molecule has 120 valence electrons. The van der Waals surface area contributed by atoms with Gasteiger partial charge in [-0.15, -0.1) is 0 Å². The van der Waals surface area contributed by atoms with Crippen LogP contribution in [0.2, 0.25) is 0 Å². The van der Waals surface area contributed by atoms with Crippen LogP contribution in [-0.2, 0) is 14.3 Å². The maximum Gasteiger partial charge on any atom is 0.334 e. The van der Waals surface area contributed by atoms with Crippen LogP contribution in [0, 0.1) is 0 Å². The summed E-state index contributed by atoms with van der Waals surface area (Å²) in [5.41, 5.74) is 1.08. The van der Waals surface area contributed by atoms with Gasteiger partial charge >= 0.3 is 5.97 Å². The fraction of sp³-hybridized carbons (Fsp3) is 0.353. The van der Waals surface area contributed by atoms with Crippen molar-refractivity contribution < 1.29 is 19.0 Å². The van der Waals surface area contributed by atoms with Gasteiger partial charge in [-0.2, -0.15) is 0 Å². The maximum absolute atomic E-state index is 11.2. The summed E-state index contributed by atoms with van der Waals surface area (Å²) in [6.07, 6.45) is 4.08. The van der Waals surface area contributed by atoms with E-state index in [-0.39, 0.29) is 5.97 Å². The fourth-order valence-electron chi connectivity index (χ4n) is 1.65. The van der Waals surface area contributed by atoms with Gasteiger partial charge in [-0.1, -0.05) is 28.1 Å². The highest BCUT2D eigenvalue weighted by Crippen LogP contribution is 2.19. The average molecular weight is 369 g/mol. The number of halogens is 1. The molecule has 0 aromatic heterocycles. The van der Waals surface area contributed by atoms with E-state index in [2.05, 4.69) is 15.9 Å². The minimum absolute atomic E-state index is 0.360. The summed E-state index contributed by atoms with van der Waals surface area (Å²) in [6, 6.07) is 7.78. The Morgan fingerprint density at radius 2 is 1.91 bits per heavy atom. The van der Waals surface area contributed by atoms with Crippen LogP contribution in [0.1, 0.15) is 25.8 Å². The Bertz CT molecular complexity index is 532. The molecule has 0 unspecified atom stereocenters. The predicted octanol–water partition coefficient (Wildman–Crippen LogP) is 4.30. The Morgan fingerprint density at radius 1 is 1.23 bits per heavy atom. The molecule has 4 nitrogen and oxygen atoms in total. The molecule has 0 fully saturated rings. The second-order valence-electron chi connectivity index (χ2n) is 4.47. The topological polar surface area (TPSA) is 44.8 Å². The highest BCUT2D eigenvalue weighted by atomic mass is 79.9. The Kier molecular flexibility index (Phi) is 8.36. The van der Waals surface area contributed by atoms with Crippen molar-refractivity contribution in [2.24, 2.45) is 0 Å². The van der Waals surface area contributed by atoms with Crippen LogP contribution in [0.15, 0.2) is 40.6 Å². The third kappa shape index (κ3) is 7.31. The van der Waals surface area contributed by atoms with Crippen LogP contribution < -0.4 is 4.74 Å². The molecule has 0 N–H and O–H groups in total. The van der Waals surface area contributed by atoms with E-state index in [9.17, 15) is 4.79 Å². The van der Waals surface area contributed by atoms with Crippen LogP contribution in [0.25, 0.3) is 6.08 Å². The number of benzene rings is 1. The van der Waals surface area contributed by atoms with Crippen molar-refractivity contribution in [2.45, 2.75) is 20.3 Å². The molecule has 0 bridgehead atoms. The molecule has 0 amide bonds. The first-order chi connectivity index (χ1) is 10.5. The van der Waals surface area contributed by atoms with Gasteiger partial charge in [-0.3, -0.25) is 0 Å². The summed E-state index contributed by atoms with van der Waals surface area (Å²) < 4.78 is 16.4. The average Bonchev–Trinajstić information content (AvgIpc) is 2.48. The van der Waals surface area contributed by atoms with E-state index >= 15 is 0 Å². The Morgan fingerprint density at radius 3 is 2.50 bits per heavy atom. The summed E-state index contributed by atoms with van der Waals surface area (Å²) in [4.78, 5) is 11.2. The first-order valence-electron chi connectivity index (χ1n) is 7.03. The summed E-state index contributed by atoms with van der Waals surface area (Å²) in [7, 11) is 1.64. The van der Waals surface area contributed by atoms with Gasteiger partial charge < -0.3 is 14.2 Å². The molecular formula is C17H21BrO4. The van der Waals surface area contributed by atoms with Crippen molar-refractivity contribution in [3.63, 3.8) is 0 Å². The first kappa shape index (κ1) is 18.3. The van der Waals surface area contributed by atoms with Crippen molar-refractivity contribution in [3.8, 4) is 5.75 Å². The van der Waals surface area contributed by atoms with E-state index in [4.69, 9.17) is 14.2 Å². The molecule has 0 radical (unpaired) electrons. The number of hydrogen-bond donors (Lipinski definition) is 0. The van der Waals surface area contributed by atoms with Gasteiger partial charge in [0.25, 0.3) is 0 Å². The molecule has 0 heterocycles. The third-order valence-electron chi connectivity index (χ3n) is 2.72. The van der Waals surface area contributed by atoms with E-state index in [0.717, 1.165) is 15.8 Å². The number of carbonyl (C=O) groups is 1. The maximum atomic E-state index is 11.2. The zero-order valence-electron chi connectivity index (χ0n) is 13.1. The highest BCUT2D eigenvalue weighted by Gasteiger charge is 2.00. The number of rotatable bonds is 8. The van der Waals surface area contributed by atoms with Crippen LogP contribution in [0.3, 0.4) is 0 Å². The van der Waals surface area contributed by atoms with E-state index in [1.807, 2.05) is 30.3 Å². The van der Waals surface area contributed by atoms with Crippen molar-refractivity contribution in [1.82, 2.24) is 0 Å². The van der Waals surface area contributed by atoms with Crippen LogP contribution in [-0.4, -0.2) is 26.3 Å². The number of ether oxygens (including phenoxy) is 3. The van der Waals surface area contributed by atoms with Gasteiger partial charge in [0.15, 0.2) is 0 Å². The zero-order valence-corrected chi connectivity index (χ0v) is 14.7. The fourth-order valence-corrected chi connectivity index (χ4v) is 2.08. The lowest BCUT2D eigenvalue weighted by Crippen LogP contribution is -2.02. The minimum Gasteiger partial charge on any atom is -0.498 e. The van der Waals surface area contributed by atoms with Gasteiger partial charge in [0, 0.05) is 6.42 Å². The van der Waals surface area contributed by atoms with Gasteiger partial charge in [0.1, 0.15) is 11.5 Å². The molecule has 0 saturated heterocycles. The number of hydrogen-bond acceptors (Lipinski definition) is 4. The largest absolute Gasteiger partial charge is 0.498 e. The van der Waals surface area contributed by atoms with E-state index < -0.39 is 0 Å². The van der Waals surface area contributed by atoms with Crippen molar-refractivity contribution in [1.29, 1.82) is 0 Å². The lowest BCUT2D eigenvalue weighted by atomic mass is 10.2. The second-order valence-corrected chi connectivity index (χ2v) is 5.49. The first-order valence-corrected chi connectivity index (χ1v) is 7.82. The van der Waals surface area contributed by atoms with Crippen LogP contribution in [0.4, 0.5) is 0 Å². The SMILES string of the molecule is CCOC(=O)/C=C(\C)OCC/C(Br)=C\c1ccc(OC)cc1. The quantitative estimate of drug-likeness (QED) is 0.389. The Balaban J connectivity index is 2.43. The van der Waals surface area contributed by atoms with Gasteiger partial charge in [0.2, 0.25) is 0 Å². The molecule has 1 rings (SSSR count). The standard InChI is InChI=1S/C17H21BrO4/c1-4-21-17(19)11-13(2)22-10-9-15(18)12-14-5-7-16(20-3)8-6-14/h5-8,11-12H,4,9-10H2,1-3H3/b13-11+,15-12+. The molecule has 0 aliphatic heterocycles. The van der Waals surface area contributed by atoms with Gasteiger partial charge in [0.05, 0.1) is 26.4 Å². The molecule has 1 aromatic carbocycles. The summed E-state index contributed by atoms with van der Waals surface area (Å²) in [5.74, 6) is 0.993. The number of carbonyl (C=O) groups excluding carboxylic acids is 1. The third-order valence-corrected chi connectivity index (χ3v) is 3.34. The molecule has 22 heavy (non-hydrogen) atoms. The Hall–Kier alpha value is -1.75. The van der Waals surface area contributed by atoms with E-state index in [0.29, 0.717) is 25.4 Å². The van der Waals surface area contributed by atoms with Crippen molar-refractivity contribution in [3.05, 3.63) is 46.1 Å². The van der Waals surface area contributed by atoms with Crippen molar-refractivity contribution >= 4 is 28.0 Å². The van der Waals surface area contributed by atoms with E-state index in [1.165, 1.54) is 6.08 Å². The van der Waals surface area contributed by atoms with Crippen LogP contribution in [0.5, 0.6) is 5.75 Å². The highest BCUT2D eigenvalue weighted by molar-refractivity contribution is 9.11. The zero-order chi connectivity index (χ0) is 16.4. The van der Waals surface area contributed by atoms with Crippen molar-refractivity contribution in [2.75, 3.05) is 20.3 Å². The second kappa shape index (κ2) is 10.1. The lowest BCUT2D eigenvalue weighted by molar-refractivity contribution is -0.137. The molecule has 0 aliphatic rings. The smallest absolute Gasteiger partial charge is 0.334 e. The summed E-state index contributed by atoms with van der Waals surface area (Å²) >= 11 is 3.51. The molecular weight excluding hydrogens is 348 g/mol. The molecule has 1 aromatic rings. The van der Waals surface area contributed by atoms with Gasteiger partial charge in [-0.25, -0.2) is 4.79 Å². The van der Waals surface area contributed by atoms with E-state index in [1.54, 1.807) is 21.0 Å². The normalized spacial score (nSPS) is 12.0. The van der Waals surface area contributed by atoms with Gasteiger partial charge in [-0.05, 0) is 42.1 Å². The lowest BCUT2D eigenvalue weighted by Gasteiger charge is -2.06. The minimum atomic E-state index is -0.382. The molecule has 0 atom stereocenters. The molecule has 5 heteroatoms. The summed E-state index contributed by atoms with van der Waals surface area (Å²) in [6.45, 7) is 4.34. The number of allylic oxidation sites excluding steroid dienone is 1. The molecule has 0 spiro atoms.